The number of aromatic nitrogens is 4. The zero-order valence-corrected chi connectivity index (χ0v) is 9.43. The maximum atomic E-state index is 10.8. The normalized spacial score (nSPS) is 13.9. The van der Waals surface area contributed by atoms with Gasteiger partial charge >= 0.3 is 5.97 Å². The fourth-order valence-corrected chi connectivity index (χ4v) is 1.16. The van der Waals surface area contributed by atoms with E-state index >= 15 is 0 Å². The van der Waals surface area contributed by atoms with Crippen molar-refractivity contribution in [1.82, 2.24) is 20.2 Å². The maximum absolute atomic E-state index is 10.8. The number of hydrogen-bond donors (Lipinski definition) is 1. The van der Waals surface area contributed by atoms with E-state index in [0.29, 0.717) is 5.82 Å². The Morgan fingerprint density at radius 1 is 1.60 bits per heavy atom. The van der Waals surface area contributed by atoms with Crippen LogP contribution in [0.3, 0.4) is 0 Å². The molecule has 0 aliphatic heterocycles. The summed E-state index contributed by atoms with van der Waals surface area (Å²) in [4.78, 5) is 10.8. The van der Waals surface area contributed by atoms with E-state index in [1.807, 2.05) is 20.8 Å². The van der Waals surface area contributed by atoms with Crippen LogP contribution in [-0.2, 0) is 10.2 Å². The Morgan fingerprint density at radius 2 is 2.20 bits per heavy atom. The summed E-state index contributed by atoms with van der Waals surface area (Å²) in [5.74, 6) is -0.324. The minimum atomic E-state index is -0.935. The first-order valence-corrected chi connectivity index (χ1v) is 4.91. The minimum Gasteiger partial charge on any atom is -0.480 e. The zero-order valence-electron chi connectivity index (χ0n) is 9.43. The van der Waals surface area contributed by atoms with E-state index < -0.39 is 12.0 Å². The molecule has 0 fully saturated rings. The van der Waals surface area contributed by atoms with Crippen LogP contribution in [0.15, 0.2) is 0 Å². The van der Waals surface area contributed by atoms with Gasteiger partial charge in [-0.05, 0) is 23.8 Å². The first-order valence-electron chi connectivity index (χ1n) is 4.91. The van der Waals surface area contributed by atoms with Crippen molar-refractivity contribution in [3.63, 3.8) is 0 Å². The summed E-state index contributed by atoms with van der Waals surface area (Å²) in [6.45, 7) is 7.56. The topological polar surface area (TPSA) is 80.9 Å². The number of carbonyl (C=O) groups is 1. The summed E-state index contributed by atoms with van der Waals surface area (Å²) in [5, 5.41) is 20.1. The van der Waals surface area contributed by atoms with E-state index in [-0.39, 0.29) is 5.41 Å². The maximum Gasteiger partial charge on any atom is 0.328 e. The highest BCUT2D eigenvalue weighted by molar-refractivity contribution is 5.71. The van der Waals surface area contributed by atoms with Crippen molar-refractivity contribution in [2.75, 3.05) is 0 Å². The van der Waals surface area contributed by atoms with Gasteiger partial charge in [-0.25, -0.2) is 9.48 Å². The molecular weight excluding hydrogens is 196 g/mol. The molecule has 0 aliphatic rings. The lowest BCUT2D eigenvalue weighted by molar-refractivity contribution is -0.140. The highest BCUT2D eigenvalue weighted by Crippen LogP contribution is 2.25. The lowest BCUT2D eigenvalue weighted by Gasteiger charge is -2.22. The van der Waals surface area contributed by atoms with Gasteiger partial charge in [0, 0.05) is 5.41 Å². The third kappa shape index (κ3) is 2.14. The van der Waals surface area contributed by atoms with Crippen LogP contribution in [0.4, 0.5) is 0 Å². The first kappa shape index (κ1) is 11.6. The zero-order chi connectivity index (χ0) is 11.6. The van der Waals surface area contributed by atoms with Crippen LogP contribution >= 0.6 is 0 Å². The molecule has 0 spiro atoms. The molecule has 1 aromatic heterocycles. The molecule has 1 unspecified atom stereocenters. The quantitative estimate of drug-likeness (QED) is 0.805. The lowest BCUT2D eigenvalue weighted by Crippen LogP contribution is -2.27. The van der Waals surface area contributed by atoms with Gasteiger partial charge in [-0.2, -0.15) is 0 Å². The van der Waals surface area contributed by atoms with Crippen molar-refractivity contribution < 1.29 is 9.90 Å². The van der Waals surface area contributed by atoms with E-state index in [2.05, 4.69) is 15.5 Å². The smallest absolute Gasteiger partial charge is 0.328 e. The van der Waals surface area contributed by atoms with Crippen molar-refractivity contribution in [3.8, 4) is 0 Å². The second-order valence-corrected chi connectivity index (χ2v) is 4.20. The van der Waals surface area contributed by atoms with Crippen LogP contribution in [0, 0.1) is 0 Å². The third-order valence-corrected chi connectivity index (χ3v) is 2.71. The van der Waals surface area contributed by atoms with Gasteiger partial charge in [0.2, 0.25) is 0 Å². The molecule has 0 aliphatic carbocycles. The fraction of sp³-hybridized carbons (Fsp3) is 0.778. The molecule has 1 heterocycles. The standard InChI is InChI=1S/C9H16N4O2/c1-5-9(3,4)8-10-11-12-13(8)6(2)7(14)15/h6H,5H2,1-4H3,(H,14,15). The predicted molar refractivity (Wildman–Crippen MR) is 53.5 cm³/mol. The van der Waals surface area contributed by atoms with E-state index in [1.54, 1.807) is 6.92 Å². The number of tetrazole rings is 1. The van der Waals surface area contributed by atoms with Crippen LogP contribution in [0.1, 0.15) is 46.0 Å². The van der Waals surface area contributed by atoms with Crippen LogP contribution in [-0.4, -0.2) is 31.3 Å². The minimum absolute atomic E-state index is 0.215. The fourth-order valence-electron chi connectivity index (χ4n) is 1.16. The van der Waals surface area contributed by atoms with Crippen molar-refractivity contribution in [2.24, 2.45) is 0 Å². The summed E-state index contributed by atoms with van der Waals surface area (Å²) in [5.41, 5.74) is -0.215. The molecule has 1 rings (SSSR count). The van der Waals surface area contributed by atoms with Crippen LogP contribution in [0.2, 0.25) is 0 Å². The predicted octanol–water partition coefficient (Wildman–Crippen LogP) is 1.01. The second-order valence-electron chi connectivity index (χ2n) is 4.20. The highest BCUT2D eigenvalue weighted by atomic mass is 16.4. The molecule has 0 bridgehead atoms. The number of hydrogen-bond acceptors (Lipinski definition) is 4. The molecule has 0 saturated carbocycles. The van der Waals surface area contributed by atoms with Gasteiger partial charge in [0.15, 0.2) is 5.82 Å². The van der Waals surface area contributed by atoms with Crippen LogP contribution in [0.25, 0.3) is 0 Å². The van der Waals surface area contributed by atoms with Crippen molar-refractivity contribution in [1.29, 1.82) is 0 Å². The van der Waals surface area contributed by atoms with Crippen LogP contribution < -0.4 is 0 Å². The van der Waals surface area contributed by atoms with E-state index in [9.17, 15) is 4.79 Å². The monoisotopic (exact) mass is 212 g/mol. The van der Waals surface area contributed by atoms with Gasteiger partial charge in [-0.3, -0.25) is 0 Å². The number of nitrogens with zero attached hydrogens (tertiary/aromatic N) is 4. The van der Waals surface area contributed by atoms with Gasteiger partial charge in [-0.15, -0.1) is 5.10 Å². The molecule has 0 saturated heterocycles. The molecular formula is C9H16N4O2. The number of aliphatic carboxylic acids is 1. The highest BCUT2D eigenvalue weighted by Gasteiger charge is 2.29. The third-order valence-electron chi connectivity index (χ3n) is 2.71. The summed E-state index contributed by atoms with van der Waals surface area (Å²) in [7, 11) is 0. The van der Waals surface area contributed by atoms with Gasteiger partial charge in [0.1, 0.15) is 6.04 Å². The Balaban J connectivity index is 3.12. The number of carboxylic acid groups (broad SMARTS) is 1. The lowest BCUT2D eigenvalue weighted by atomic mass is 9.89. The average Bonchev–Trinajstić information content (AvgIpc) is 2.65. The molecule has 0 amide bonds. The van der Waals surface area contributed by atoms with Crippen LogP contribution in [0.5, 0.6) is 0 Å². The Hall–Kier alpha value is -1.46. The Morgan fingerprint density at radius 3 is 2.67 bits per heavy atom. The largest absolute Gasteiger partial charge is 0.480 e. The summed E-state index contributed by atoms with van der Waals surface area (Å²) >= 11 is 0. The molecule has 1 N–H and O–H groups in total. The van der Waals surface area contributed by atoms with E-state index in [0.717, 1.165) is 6.42 Å². The first-order chi connectivity index (χ1) is 6.90. The van der Waals surface area contributed by atoms with Crippen molar-refractivity contribution in [3.05, 3.63) is 5.82 Å². The molecule has 1 aromatic rings. The molecule has 0 aromatic carbocycles. The van der Waals surface area contributed by atoms with Gasteiger partial charge in [-0.1, -0.05) is 20.8 Å². The summed E-state index contributed by atoms with van der Waals surface area (Å²) < 4.78 is 1.37. The van der Waals surface area contributed by atoms with Gasteiger partial charge in [0.05, 0.1) is 0 Å². The molecule has 1 atom stereocenters. The SMILES string of the molecule is CCC(C)(C)c1nnnn1C(C)C(=O)O. The van der Waals surface area contributed by atoms with E-state index in [1.165, 1.54) is 4.68 Å². The van der Waals surface area contributed by atoms with Crippen molar-refractivity contribution in [2.45, 2.75) is 45.6 Å². The molecule has 0 radical (unpaired) electrons. The Labute approximate surface area is 88.3 Å². The van der Waals surface area contributed by atoms with Crippen molar-refractivity contribution >= 4 is 5.97 Å². The number of carboxylic acids is 1. The van der Waals surface area contributed by atoms with Gasteiger partial charge in [0.25, 0.3) is 0 Å². The number of rotatable bonds is 4. The Bertz CT molecular complexity index is 359. The van der Waals surface area contributed by atoms with E-state index in [4.69, 9.17) is 5.11 Å². The molecule has 6 nitrogen and oxygen atoms in total. The summed E-state index contributed by atoms with van der Waals surface area (Å²) in [6, 6.07) is -0.735. The molecule has 84 valence electrons. The molecule has 6 heteroatoms. The Kier molecular flexibility index (Phi) is 3.06. The second kappa shape index (κ2) is 3.96. The molecule has 15 heavy (non-hydrogen) atoms. The van der Waals surface area contributed by atoms with Gasteiger partial charge < -0.3 is 5.11 Å². The summed E-state index contributed by atoms with van der Waals surface area (Å²) in [6.07, 6.45) is 0.847. The average molecular weight is 212 g/mol.